The molecule has 0 aliphatic heterocycles. The van der Waals surface area contributed by atoms with E-state index in [1.54, 1.807) is 11.3 Å². The normalized spacial score (nSPS) is 14.5. The lowest BCUT2D eigenvalue weighted by Gasteiger charge is -2.10. The second kappa shape index (κ2) is 6.57. The number of amidine groups is 1. The highest BCUT2D eigenvalue weighted by Crippen LogP contribution is 2.43. The zero-order valence-electron chi connectivity index (χ0n) is 13.7. The Morgan fingerprint density at radius 1 is 1.28 bits per heavy atom. The molecule has 3 aromatic rings. The predicted molar refractivity (Wildman–Crippen MR) is 104 cm³/mol. The van der Waals surface area contributed by atoms with E-state index in [4.69, 9.17) is 5.73 Å². The summed E-state index contributed by atoms with van der Waals surface area (Å²) in [5.74, 6) is 1.09. The maximum atomic E-state index is 6.20. The lowest BCUT2D eigenvalue weighted by Crippen LogP contribution is -2.15. The summed E-state index contributed by atoms with van der Waals surface area (Å²) in [4.78, 5) is 13.3. The van der Waals surface area contributed by atoms with Gasteiger partial charge in [0.2, 0.25) is 5.13 Å². The number of H-pyrrole nitrogens is 1. The fraction of sp³-hybridized carbons (Fsp3) is 0.158. The average molecular weight is 349 g/mol. The Hall–Kier alpha value is -2.86. The molecule has 0 atom stereocenters. The molecule has 0 bridgehead atoms. The van der Waals surface area contributed by atoms with Crippen molar-refractivity contribution in [2.45, 2.75) is 18.8 Å². The number of benzene rings is 1. The molecular weight excluding hydrogens is 330 g/mol. The van der Waals surface area contributed by atoms with Gasteiger partial charge in [-0.25, -0.2) is 4.98 Å². The molecule has 126 valence electrons. The minimum Gasteiger partial charge on any atom is -0.382 e. The van der Waals surface area contributed by atoms with Gasteiger partial charge in [-0.05, 0) is 30.4 Å². The topological polar surface area (TPSA) is 79.1 Å². The van der Waals surface area contributed by atoms with Gasteiger partial charge in [-0.15, -0.1) is 0 Å². The van der Waals surface area contributed by atoms with Gasteiger partial charge in [0, 0.05) is 23.0 Å². The number of anilines is 1. The van der Waals surface area contributed by atoms with E-state index in [2.05, 4.69) is 26.9 Å². The second-order valence-corrected chi connectivity index (χ2v) is 7.09. The fourth-order valence-electron chi connectivity index (χ4n) is 2.60. The van der Waals surface area contributed by atoms with Crippen molar-refractivity contribution in [3.63, 3.8) is 0 Å². The molecule has 5 nitrogen and oxygen atoms in total. The van der Waals surface area contributed by atoms with E-state index >= 15 is 0 Å². The van der Waals surface area contributed by atoms with E-state index in [0.29, 0.717) is 16.9 Å². The van der Waals surface area contributed by atoms with Gasteiger partial charge in [-0.2, -0.15) is 4.99 Å². The zero-order chi connectivity index (χ0) is 17.2. The Kier molecular flexibility index (Phi) is 4.11. The van der Waals surface area contributed by atoms with Crippen LogP contribution < -0.4 is 11.1 Å². The predicted octanol–water partition coefficient (Wildman–Crippen LogP) is 4.47. The van der Waals surface area contributed by atoms with E-state index < -0.39 is 0 Å². The average Bonchev–Trinajstić information content (AvgIpc) is 3.20. The number of thiazole rings is 1. The summed E-state index contributed by atoms with van der Waals surface area (Å²) in [7, 11) is 0. The van der Waals surface area contributed by atoms with Crippen molar-refractivity contribution in [2.24, 2.45) is 10.7 Å². The van der Waals surface area contributed by atoms with Gasteiger partial charge in [0.1, 0.15) is 5.69 Å². The summed E-state index contributed by atoms with van der Waals surface area (Å²) in [5, 5.41) is 4.00. The van der Waals surface area contributed by atoms with Crippen LogP contribution in [0, 0.1) is 0 Å². The third kappa shape index (κ3) is 3.49. The van der Waals surface area contributed by atoms with E-state index in [9.17, 15) is 0 Å². The maximum Gasteiger partial charge on any atom is 0.211 e. The van der Waals surface area contributed by atoms with E-state index in [1.807, 2.05) is 48.8 Å². The molecule has 4 N–H and O–H groups in total. The molecule has 1 saturated carbocycles. The van der Waals surface area contributed by atoms with Gasteiger partial charge in [0.05, 0.1) is 5.69 Å². The molecule has 1 aliphatic rings. The van der Waals surface area contributed by atoms with Crippen LogP contribution in [0.15, 0.2) is 60.4 Å². The molecule has 4 rings (SSSR count). The fourth-order valence-corrected chi connectivity index (χ4v) is 3.57. The quantitative estimate of drug-likeness (QED) is 0.454. The minimum atomic E-state index is 0.407. The molecule has 1 fully saturated rings. The highest BCUT2D eigenvalue weighted by molar-refractivity contribution is 7.15. The van der Waals surface area contributed by atoms with E-state index in [-0.39, 0.29) is 0 Å². The molecule has 0 spiro atoms. The van der Waals surface area contributed by atoms with Gasteiger partial charge >= 0.3 is 0 Å². The van der Waals surface area contributed by atoms with Gasteiger partial charge in [-0.3, -0.25) is 0 Å². The Balaban J connectivity index is 1.53. The van der Waals surface area contributed by atoms with Crippen LogP contribution in [-0.2, 0) is 0 Å². The maximum absolute atomic E-state index is 6.20. The molecule has 1 aliphatic carbocycles. The minimum absolute atomic E-state index is 0.407. The number of hydrogen-bond acceptors (Lipinski definition) is 4. The Labute approximate surface area is 150 Å². The van der Waals surface area contributed by atoms with Crippen LogP contribution in [0.4, 0.5) is 10.8 Å². The first kappa shape index (κ1) is 15.7. The third-order valence-corrected chi connectivity index (χ3v) is 5.17. The molecule has 2 aromatic heterocycles. The number of hydrogen-bond donors (Lipinski definition) is 3. The number of nitrogens with two attached hydrogens (primary N) is 1. The number of nitrogens with one attached hydrogen (secondary N) is 2. The van der Waals surface area contributed by atoms with Gasteiger partial charge in [-0.1, -0.05) is 48.2 Å². The summed E-state index contributed by atoms with van der Waals surface area (Å²) >= 11 is 1.62. The van der Waals surface area contributed by atoms with Crippen LogP contribution in [-0.4, -0.2) is 15.8 Å². The molecule has 0 unspecified atom stereocenters. The van der Waals surface area contributed by atoms with Crippen molar-refractivity contribution >= 4 is 33.7 Å². The molecule has 0 saturated heterocycles. The molecule has 25 heavy (non-hydrogen) atoms. The van der Waals surface area contributed by atoms with Gasteiger partial charge in [0.15, 0.2) is 5.84 Å². The summed E-state index contributed by atoms with van der Waals surface area (Å²) in [6.45, 7) is 4.10. The Morgan fingerprint density at radius 3 is 2.84 bits per heavy atom. The zero-order valence-corrected chi connectivity index (χ0v) is 14.5. The number of nitrogens with zero attached hydrogens (tertiary/aromatic N) is 2. The lowest BCUT2D eigenvalue weighted by atomic mass is 10.1. The number of rotatable bonds is 6. The first-order valence-corrected chi connectivity index (χ1v) is 9.01. The number of aromatic nitrogens is 2. The molecule has 0 radical (unpaired) electrons. The van der Waals surface area contributed by atoms with E-state index in [1.165, 1.54) is 17.7 Å². The van der Waals surface area contributed by atoms with Crippen molar-refractivity contribution in [3.05, 3.63) is 71.5 Å². The molecular formula is C19H19N5S. The summed E-state index contributed by atoms with van der Waals surface area (Å²) < 4.78 is 0. The molecule has 6 heteroatoms. The van der Waals surface area contributed by atoms with Crippen molar-refractivity contribution in [3.8, 4) is 0 Å². The summed E-state index contributed by atoms with van der Waals surface area (Å²) in [6, 6.07) is 11.9. The van der Waals surface area contributed by atoms with Crippen molar-refractivity contribution in [1.29, 1.82) is 0 Å². The van der Waals surface area contributed by atoms with Crippen LogP contribution >= 0.6 is 11.3 Å². The largest absolute Gasteiger partial charge is 0.382 e. The van der Waals surface area contributed by atoms with Crippen molar-refractivity contribution < 1.29 is 0 Å². The van der Waals surface area contributed by atoms with Crippen LogP contribution in [0.3, 0.4) is 0 Å². The summed E-state index contributed by atoms with van der Waals surface area (Å²) in [6.07, 6.45) is 6.26. The standard InChI is InChI=1S/C19H19N5S/c1-12(13-5-3-2-4-6-13)23-15-9-10-21-17(15)18(20)24-19-22-11-16(25-19)14-7-8-14/h2-6,9-11,14,21,23H,1,7-8H2,(H2,20,22,24). The van der Waals surface area contributed by atoms with Gasteiger partial charge in [0.25, 0.3) is 0 Å². The van der Waals surface area contributed by atoms with Crippen LogP contribution in [0.5, 0.6) is 0 Å². The lowest BCUT2D eigenvalue weighted by molar-refractivity contribution is 1.16. The molecule has 2 heterocycles. The van der Waals surface area contributed by atoms with Crippen LogP contribution in [0.2, 0.25) is 0 Å². The van der Waals surface area contributed by atoms with Crippen molar-refractivity contribution in [1.82, 2.24) is 9.97 Å². The van der Waals surface area contributed by atoms with Gasteiger partial charge < -0.3 is 16.0 Å². The number of aliphatic imine (C=N–C) groups is 1. The first-order chi connectivity index (χ1) is 12.2. The third-order valence-electron chi connectivity index (χ3n) is 4.12. The SMILES string of the molecule is C=C(Nc1cc[nH]c1C(N)=Nc1ncc(C2CC2)s1)c1ccccc1. The van der Waals surface area contributed by atoms with Crippen LogP contribution in [0.25, 0.3) is 5.70 Å². The first-order valence-electron chi connectivity index (χ1n) is 8.19. The monoisotopic (exact) mass is 349 g/mol. The highest BCUT2D eigenvalue weighted by atomic mass is 32.1. The second-order valence-electron chi connectivity index (χ2n) is 6.05. The van der Waals surface area contributed by atoms with E-state index in [0.717, 1.165) is 22.6 Å². The smallest absolute Gasteiger partial charge is 0.211 e. The molecule has 1 aromatic carbocycles. The van der Waals surface area contributed by atoms with Crippen molar-refractivity contribution in [2.75, 3.05) is 5.32 Å². The highest BCUT2D eigenvalue weighted by Gasteiger charge is 2.25. The Bertz CT molecular complexity index is 918. The number of aromatic amines is 1. The summed E-state index contributed by atoms with van der Waals surface area (Å²) in [5.41, 5.74) is 9.61. The van der Waals surface area contributed by atoms with Crippen LogP contribution in [0.1, 0.15) is 34.9 Å². The molecule has 0 amide bonds. The Morgan fingerprint density at radius 2 is 2.08 bits per heavy atom.